The molecule has 0 aliphatic heterocycles. The van der Waals surface area contributed by atoms with Gasteiger partial charge in [0.2, 0.25) is 0 Å². The van der Waals surface area contributed by atoms with Gasteiger partial charge in [-0.1, -0.05) is 0 Å². The van der Waals surface area contributed by atoms with Crippen LogP contribution < -0.4 is 5.32 Å². The minimum atomic E-state index is -0.103. The molecule has 4 rings (SSSR count). The van der Waals surface area contributed by atoms with Crippen LogP contribution in [0.3, 0.4) is 0 Å². The minimum absolute atomic E-state index is 0.103. The van der Waals surface area contributed by atoms with Crippen molar-refractivity contribution in [2.24, 2.45) is 5.92 Å². The first-order valence-corrected chi connectivity index (χ1v) is 8.90. The number of carbonyl (C=O) groups is 1. The van der Waals surface area contributed by atoms with Crippen molar-refractivity contribution in [1.82, 2.24) is 24.3 Å². The summed E-state index contributed by atoms with van der Waals surface area (Å²) in [7, 11) is 0. The van der Waals surface area contributed by atoms with E-state index < -0.39 is 0 Å². The third kappa shape index (κ3) is 2.69. The Morgan fingerprint density at radius 2 is 2.17 bits per heavy atom. The SMILES string of the molecule is Cc1cc(-c2cc(C)n3ncc(C(=O)NC(C)C4CC4)c3n2)sn1. The molecule has 6 nitrogen and oxygen atoms in total. The standard InChI is InChI=1S/C17H19N5OS/c1-9-6-15(24-21-9)14-7-10(2)22-16(20-14)13(8-18-22)17(23)19-11(3)12-4-5-12/h6-8,11-12H,4-5H2,1-3H3,(H,19,23). The van der Waals surface area contributed by atoms with E-state index in [9.17, 15) is 4.79 Å². The molecule has 1 saturated carbocycles. The molecule has 1 aliphatic carbocycles. The molecule has 7 heteroatoms. The topological polar surface area (TPSA) is 72.2 Å². The number of aromatic nitrogens is 4. The Hall–Kier alpha value is -2.28. The molecule has 124 valence electrons. The van der Waals surface area contributed by atoms with E-state index in [1.165, 1.54) is 24.4 Å². The predicted octanol–water partition coefficient (Wildman–Crippen LogP) is 3.00. The number of hydrogen-bond donors (Lipinski definition) is 1. The van der Waals surface area contributed by atoms with Gasteiger partial charge < -0.3 is 5.32 Å². The van der Waals surface area contributed by atoms with Gasteiger partial charge in [-0.2, -0.15) is 9.47 Å². The second kappa shape index (κ2) is 5.66. The predicted molar refractivity (Wildman–Crippen MR) is 93.2 cm³/mol. The van der Waals surface area contributed by atoms with Crippen LogP contribution >= 0.6 is 11.5 Å². The molecule has 1 fully saturated rings. The van der Waals surface area contributed by atoms with Gasteiger partial charge in [0.25, 0.3) is 5.91 Å². The lowest BCUT2D eigenvalue weighted by atomic mass is 10.2. The molecule has 1 aliphatic rings. The Balaban J connectivity index is 1.73. The van der Waals surface area contributed by atoms with Gasteiger partial charge in [-0.25, -0.2) is 9.50 Å². The maximum atomic E-state index is 12.6. The molecular weight excluding hydrogens is 322 g/mol. The summed E-state index contributed by atoms with van der Waals surface area (Å²) in [5.74, 6) is 0.509. The summed E-state index contributed by atoms with van der Waals surface area (Å²) >= 11 is 1.42. The lowest BCUT2D eigenvalue weighted by Crippen LogP contribution is -2.34. The molecule has 0 radical (unpaired) electrons. The average molecular weight is 341 g/mol. The van der Waals surface area contributed by atoms with Crippen LogP contribution in [-0.4, -0.2) is 30.9 Å². The Bertz CT molecular complexity index is 924. The second-order valence-electron chi connectivity index (χ2n) is 6.51. The molecule has 0 saturated heterocycles. The van der Waals surface area contributed by atoms with Gasteiger partial charge >= 0.3 is 0 Å². The van der Waals surface area contributed by atoms with E-state index in [1.807, 2.05) is 26.0 Å². The van der Waals surface area contributed by atoms with E-state index in [0.717, 1.165) is 22.0 Å². The van der Waals surface area contributed by atoms with Crippen molar-refractivity contribution in [2.75, 3.05) is 0 Å². The molecule has 0 aromatic carbocycles. The number of nitrogens with one attached hydrogen (secondary N) is 1. The molecule has 0 spiro atoms. The summed E-state index contributed by atoms with van der Waals surface area (Å²) < 4.78 is 6.03. The van der Waals surface area contributed by atoms with E-state index in [4.69, 9.17) is 0 Å². The number of carbonyl (C=O) groups excluding carboxylic acids is 1. The Morgan fingerprint density at radius 1 is 1.38 bits per heavy atom. The Morgan fingerprint density at radius 3 is 2.83 bits per heavy atom. The molecular formula is C17H19N5OS. The van der Waals surface area contributed by atoms with E-state index in [-0.39, 0.29) is 11.9 Å². The van der Waals surface area contributed by atoms with E-state index in [2.05, 4.69) is 26.7 Å². The number of rotatable bonds is 4. The molecule has 1 unspecified atom stereocenters. The molecule has 1 N–H and O–H groups in total. The molecule has 3 aromatic rings. The number of nitrogens with zero attached hydrogens (tertiary/aromatic N) is 4. The number of fused-ring (bicyclic) bond motifs is 1. The van der Waals surface area contributed by atoms with Crippen LogP contribution in [0, 0.1) is 19.8 Å². The summed E-state index contributed by atoms with van der Waals surface area (Å²) in [6.45, 7) is 5.99. The zero-order valence-electron chi connectivity index (χ0n) is 13.9. The fourth-order valence-corrected chi connectivity index (χ4v) is 3.60. The Kier molecular flexibility index (Phi) is 3.60. The van der Waals surface area contributed by atoms with Crippen molar-refractivity contribution < 1.29 is 4.79 Å². The number of amides is 1. The summed E-state index contributed by atoms with van der Waals surface area (Å²) in [6, 6.07) is 4.18. The van der Waals surface area contributed by atoms with Crippen LogP contribution in [0.15, 0.2) is 18.3 Å². The van der Waals surface area contributed by atoms with Crippen molar-refractivity contribution in [3.05, 3.63) is 35.3 Å². The minimum Gasteiger partial charge on any atom is -0.349 e. The largest absolute Gasteiger partial charge is 0.349 e. The van der Waals surface area contributed by atoms with E-state index in [1.54, 1.807) is 10.7 Å². The molecule has 1 atom stereocenters. The quantitative estimate of drug-likeness (QED) is 0.792. The van der Waals surface area contributed by atoms with Gasteiger partial charge in [0.1, 0.15) is 5.56 Å². The van der Waals surface area contributed by atoms with Crippen molar-refractivity contribution >= 4 is 23.1 Å². The summed E-state index contributed by atoms with van der Waals surface area (Å²) in [5.41, 5.74) is 3.86. The van der Waals surface area contributed by atoms with Crippen molar-refractivity contribution in [2.45, 2.75) is 39.7 Å². The first-order chi connectivity index (χ1) is 11.5. The van der Waals surface area contributed by atoms with Crippen molar-refractivity contribution in [1.29, 1.82) is 0 Å². The van der Waals surface area contributed by atoms with Gasteiger partial charge in [0.15, 0.2) is 5.65 Å². The van der Waals surface area contributed by atoms with Gasteiger partial charge in [0, 0.05) is 11.7 Å². The lowest BCUT2D eigenvalue weighted by molar-refractivity contribution is 0.0937. The zero-order valence-corrected chi connectivity index (χ0v) is 14.7. The first-order valence-electron chi connectivity index (χ1n) is 8.13. The average Bonchev–Trinajstić information content (AvgIpc) is 3.17. The van der Waals surface area contributed by atoms with E-state index in [0.29, 0.717) is 17.1 Å². The van der Waals surface area contributed by atoms with Crippen LogP contribution in [-0.2, 0) is 0 Å². The van der Waals surface area contributed by atoms with Crippen LogP contribution in [0.4, 0.5) is 0 Å². The van der Waals surface area contributed by atoms with Crippen LogP contribution in [0.2, 0.25) is 0 Å². The van der Waals surface area contributed by atoms with Crippen LogP contribution in [0.1, 0.15) is 41.5 Å². The second-order valence-corrected chi connectivity index (χ2v) is 7.31. The third-order valence-corrected chi connectivity index (χ3v) is 5.37. The number of aryl methyl sites for hydroxylation is 2. The third-order valence-electron chi connectivity index (χ3n) is 4.46. The monoisotopic (exact) mass is 341 g/mol. The summed E-state index contributed by atoms with van der Waals surface area (Å²) in [5, 5.41) is 7.41. The van der Waals surface area contributed by atoms with E-state index >= 15 is 0 Å². The summed E-state index contributed by atoms with van der Waals surface area (Å²) in [4.78, 5) is 18.3. The zero-order chi connectivity index (χ0) is 16.8. The van der Waals surface area contributed by atoms with Crippen LogP contribution in [0.25, 0.3) is 16.2 Å². The smallest absolute Gasteiger partial charge is 0.256 e. The normalized spacial score (nSPS) is 15.6. The van der Waals surface area contributed by atoms with Crippen LogP contribution in [0.5, 0.6) is 0 Å². The first kappa shape index (κ1) is 15.3. The fraction of sp³-hybridized carbons (Fsp3) is 0.412. The highest BCUT2D eigenvalue weighted by molar-refractivity contribution is 7.09. The fourth-order valence-electron chi connectivity index (χ4n) is 2.88. The molecule has 0 bridgehead atoms. The summed E-state index contributed by atoms with van der Waals surface area (Å²) in [6.07, 6.45) is 4.00. The van der Waals surface area contributed by atoms with Crippen molar-refractivity contribution in [3.63, 3.8) is 0 Å². The van der Waals surface area contributed by atoms with Gasteiger partial charge in [-0.05, 0) is 63.2 Å². The number of hydrogen-bond acceptors (Lipinski definition) is 5. The Labute approximate surface area is 144 Å². The van der Waals surface area contributed by atoms with Gasteiger partial charge in [-0.3, -0.25) is 4.79 Å². The molecule has 24 heavy (non-hydrogen) atoms. The highest BCUT2D eigenvalue weighted by atomic mass is 32.1. The maximum absolute atomic E-state index is 12.6. The van der Waals surface area contributed by atoms with Gasteiger partial charge in [0.05, 0.1) is 22.5 Å². The molecule has 1 amide bonds. The van der Waals surface area contributed by atoms with Crippen molar-refractivity contribution in [3.8, 4) is 10.6 Å². The molecule has 3 aromatic heterocycles. The highest BCUT2D eigenvalue weighted by Gasteiger charge is 2.30. The molecule has 3 heterocycles. The van der Waals surface area contributed by atoms with Gasteiger partial charge in [-0.15, -0.1) is 0 Å². The highest BCUT2D eigenvalue weighted by Crippen LogP contribution is 2.32. The lowest BCUT2D eigenvalue weighted by Gasteiger charge is -2.12. The maximum Gasteiger partial charge on any atom is 0.256 e.